The fourth-order valence-corrected chi connectivity index (χ4v) is 1.37. The van der Waals surface area contributed by atoms with Crippen molar-refractivity contribution < 1.29 is 9.13 Å². The van der Waals surface area contributed by atoms with Crippen molar-refractivity contribution in [1.29, 1.82) is 0 Å². The molecule has 0 saturated heterocycles. The molecule has 0 bridgehead atoms. The number of ether oxygens (including phenoxy) is 1. The van der Waals surface area contributed by atoms with Crippen molar-refractivity contribution in [3.05, 3.63) is 28.0 Å². The van der Waals surface area contributed by atoms with E-state index in [2.05, 4.69) is 15.9 Å². The van der Waals surface area contributed by atoms with E-state index >= 15 is 0 Å². The minimum atomic E-state index is -0.394. The minimum Gasteiger partial charge on any atom is -0.494 e. The highest BCUT2D eigenvalue weighted by molar-refractivity contribution is 9.10. The Hall–Kier alpha value is -0.610. The number of hydrogen-bond acceptors (Lipinski definition) is 2. The summed E-state index contributed by atoms with van der Waals surface area (Å²) in [6.45, 7) is 0.370. The first-order chi connectivity index (χ1) is 5.69. The van der Waals surface area contributed by atoms with Gasteiger partial charge in [-0.15, -0.1) is 0 Å². The van der Waals surface area contributed by atoms with Gasteiger partial charge in [0.05, 0.1) is 11.6 Å². The number of hydrogen-bond donors (Lipinski definition) is 1. The summed E-state index contributed by atoms with van der Waals surface area (Å²) >= 11 is 3.07. The first-order valence-corrected chi connectivity index (χ1v) is 4.20. The van der Waals surface area contributed by atoms with Gasteiger partial charge in [0.1, 0.15) is 0 Å². The Balaban J connectivity index is 3.19. The van der Waals surface area contributed by atoms with Crippen molar-refractivity contribution in [2.75, 3.05) is 7.11 Å². The predicted octanol–water partition coefficient (Wildman–Crippen LogP) is 2.06. The van der Waals surface area contributed by atoms with Crippen LogP contribution in [-0.4, -0.2) is 7.11 Å². The third-order valence-electron chi connectivity index (χ3n) is 1.51. The molecule has 0 saturated carbocycles. The summed E-state index contributed by atoms with van der Waals surface area (Å²) in [5.41, 5.74) is 6.23. The zero-order valence-corrected chi connectivity index (χ0v) is 8.19. The van der Waals surface area contributed by atoms with Gasteiger partial charge in [0.15, 0.2) is 11.6 Å². The minimum absolute atomic E-state index is 0.213. The van der Waals surface area contributed by atoms with Crippen LogP contribution in [0.5, 0.6) is 5.75 Å². The second kappa shape index (κ2) is 3.87. The maximum atomic E-state index is 13.1. The molecule has 0 fully saturated rings. The molecule has 0 spiro atoms. The number of methoxy groups -OCH3 is 1. The second-order valence-electron chi connectivity index (χ2n) is 2.30. The molecular weight excluding hydrogens is 225 g/mol. The van der Waals surface area contributed by atoms with Crippen molar-refractivity contribution >= 4 is 15.9 Å². The van der Waals surface area contributed by atoms with Crippen LogP contribution < -0.4 is 10.5 Å². The van der Waals surface area contributed by atoms with Crippen LogP contribution >= 0.6 is 15.9 Å². The lowest BCUT2D eigenvalue weighted by Crippen LogP contribution is -1.98. The van der Waals surface area contributed by atoms with E-state index in [1.165, 1.54) is 7.11 Å². The van der Waals surface area contributed by atoms with Gasteiger partial charge in [-0.2, -0.15) is 0 Å². The molecule has 66 valence electrons. The van der Waals surface area contributed by atoms with Crippen LogP contribution in [0.1, 0.15) is 5.56 Å². The number of rotatable bonds is 2. The standard InChI is InChI=1S/C8H9BrFNO/c1-12-7-3-5(4-11)2-6(9)8(7)10/h2-3H,4,11H2,1H3. The van der Waals surface area contributed by atoms with E-state index in [0.717, 1.165) is 5.56 Å². The Morgan fingerprint density at radius 3 is 2.75 bits per heavy atom. The van der Waals surface area contributed by atoms with Crippen LogP contribution in [0.3, 0.4) is 0 Å². The quantitative estimate of drug-likeness (QED) is 0.849. The molecule has 4 heteroatoms. The van der Waals surface area contributed by atoms with E-state index in [4.69, 9.17) is 10.5 Å². The van der Waals surface area contributed by atoms with Gasteiger partial charge < -0.3 is 10.5 Å². The molecule has 2 nitrogen and oxygen atoms in total. The molecule has 0 radical (unpaired) electrons. The summed E-state index contributed by atoms with van der Waals surface area (Å²) in [4.78, 5) is 0. The van der Waals surface area contributed by atoms with Gasteiger partial charge in [-0.25, -0.2) is 4.39 Å². The van der Waals surface area contributed by atoms with Crippen LogP contribution in [0.25, 0.3) is 0 Å². The molecule has 12 heavy (non-hydrogen) atoms. The molecule has 1 aromatic rings. The molecule has 0 aliphatic heterocycles. The lowest BCUT2D eigenvalue weighted by Gasteiger charge is -2.05. The molecule has 1 rings (SSSR count). The van der Waals surface area contributed by atoms with Gasteiger partial charge in [0, 0.05) is 6.54 Å². The van der Waals surface area contributed by atoms with Crippen LogP contribution in [0.2, 0.25) is 0 Å². The lowest BCUT2D eigenvalue weighted by molar-refractivity contribution is 0.384. The molecule has 0 amide bonds. The Morgan fingerprint density at radius 1 is 1.58 bits per heavy atom. The summed E-state index contributed by atoms with van der Waals surface area (Å²) in [6, 6.07) is 3.22. The van der Waals surface area contributed by atoms with E-state index in [9.17, 15) is 4.39 Å². The summed E-state index contributed by atoms with van der Waals surface area (Å²) in [5, 5.41) is 0. The van der Waals surface area contributed by atoms with E-state index < -0.39 is 5.82 Å². The number of benzene rings is 1. The zero-order valence-electron chi connectivity index (χ0n) is 6.60. The Kier molecular flexibility index (Phi) is 3.05. The van der Waals surface area contributed by atoms with Crippen LogP contribution in [0.15, 0.2) is 16.6 Å². The third kappa shape index (κ3) is 1.76. The largest absolute Gasteiger partial charge is 0.494 e. The highest BCUT2D eigenvalue weighted by Gasteiger charge is 2.07. The molecule has 0 atom stereocenters. The van der Waals surface area contributed by atoms with Crippen molar-refractivity contribution in [2.45, 2.75) is 6.54 Å². The molecule has 0 unspecified atom stereocenters. The van der Waals surface area contributed by atoms with E-state index in [1.807, 2.05) is 0 Å². The first-order valence-electron chi connectivity index (χ1n) is 3.41. The average Bonchev–Trinajstić information content (AvgIpc) is 2.09. The summed E-state index contributed by atoms with van der Waals surface area (Å²) < 4.78 is 18.3. The number of nitrogens with two attached hydrogens (primary N) is 1. The third-order valence-corrected chi connectivity index (χ3v) is 2.09. The predicted molar refractivity (Wildman–Crippen MR) is 48.5 cm³/mol. The van der Waals surface area contributed by atoms with E-state index in [-0.39, 0.29) is 5.75 Å². The van der Waals surface area contributed by atoms with Gasteiger partial charge in [-0.1, -0.05) is 0 Å². The Morgan fingerprint density at radius 2 is 2.25 bits per heavy atom. The molecular formula is C8H9BrFNO. The monoisotopic (exact) mass is 233 g/mol. The molecule has 0 aromatic heterocycles. The van der Waals surface area contributed by atoms with Crippen LogP contribution in [0, 0.1) is 5.82 Å². The summed E-state index contributed by atoms with van der Waals surface area (Å²) in [5.74, 6) is -0.181. The van der Waals surface area contributed by atoms with Gasteiger partial charge in [0.2, 0.25) is 0 Å². The van der Waals surface area contributed by atoms with Gasteiger partial charge in [-0.3, -0.25) is 0 Å². The fraction of sp³-hybridized carbons (Fsp3) is 0.250. The topological polar surface area (TPSA) is 35.2 Å². The second-order valence-corrected chi connectivity index (χ2v) is 3.15. The molecule has 2 N–H and O–H groups in total. The SMILES string of the molecule is COc1cc(CN)cc(Br)c1F. The maximum absolute atomic E-state index is 13.1. The van der Waals surface area contributed by atoms with Gasteiger partial charge >= 0.3 is 0 Å². The molecule has 0 aliphatic rings. The van der Waals surface area contributed by atoms with Crippen LogP contribution in [0.4, 0.5) is 4.39 Å². The Bertz CT molecular complexity index is 291. The van der Waals surface area contributed by atoms with Crippen LogP contribution in [-0.2, 0) is 6.54 Å². The van der Waals surface area contributed by atoms with Gasteiger partial charge in [0.25, 0.3) is 0 Å². The zero-order chi connectivity index (χ0) is 9.14. The normalized spacial score (nSPS) is 10.0. The van der Waals surface area contributed by atoms with Gasteiger partial charge in [-0.05, 0) is 33.6 Å². The van der Waals surface area contributed by atoms with Crippen molar-refractivity contribution in [3.8, 4) is 5.75 Å². The maximum Gasteiger partial charge on any atom is 0.179 e. The average molecular weight is 234 g/mol. The number of halogens is 2. The van der Waals surface area contributed by atoms with E-state index in [1.54, 1.807) is 12.1 Å². The molecule has 0 aliphatic carbocycles. The van der Waals surface area contributed by atoms with Crippen molar-refractivity contribution in [2.24, 2.45) is 5.73 Å². The first kappa shape index (κ1) is 9.48. The summed E-state index contributed by atoms with van der Waals surface area (Å²) in [7, 11) is 1.42. The smallest absolute Gasteiger partial charge is 0.179 e. The van der Waals surface area contributed by atoms with Crippen molar-refractivity contribution in [3.63, 3.8) is 0 Å². The highest BCUT2D eigenvalue weighted by Crippen LogP contribution is 2.26. The van der Waals surface area contributed by atoms with E-state index in [0.29, 0.717) is 11.0 Å². The highest BCUT2D eigenvalue weighted by atomic mass is 79.9. The molecule has 0 heterocycles. The Labute approximate surface area is 78.6 Å². The van der Waals surface area contributed by atoms with Crippen molar-refractivity contribution in [1.82, 2.24) is 0 Å². The lowest BCUT2D eigenvalue weighted by atomic mass is 10.2. The molecule has 1 aromatic carbocycles. The summed E-state index contributed by atoms with van der Waals surface area (Å²) in [6.07, 6.45) is 0. The fourth-order valence-electron chi connectivity index (χ4n) is 0.884.